The normalized spacial score (nSPS) is 11.6. The first kappa shape index (κ1) is 14.7. The minimum atomic E-state index is -4.33. The Bertz CT molecular complexity index is 368. The van der Waals surface area contributed by atoms with E-state index in [4.69, 9.17) is 10.2 Å². The molecule has 0 atom stereocenters. The Kier molecular flexibility index (Phi) is 5.29. The Labute approximate surface area is 102 Å². The van der Waals surface area contributed by atoms with Gasteiger partial charge in [0.15, 0.2) is 0 Å². The number of anilines is 1. The van der Waals surface area contributed by atoms with Gasteiger partial charge in [0.05, 0.1) is 25.3 Å². The molecule has 0 unspecified atom stereocenters. The van der Waals surface area contributed by atoms with Gasteiger partial charge in [-0.3, -0.25) is 0 Å². The molecule has 0 bridgehead atoms. The van der Waals surface area contributed by atoms with E-state index in [1.807, 2.05) is 0 Å². The van der Waals surface area contributed by atoms with E-state index in [9.17, 15) is 13.2 Å². The monoisotopic (exact) mass is 265 g/mol. The molecule has 0 saturated carbocycles. The highest BCUT2D eigenvalue weighted by Crippen LogP contribution is 2.21. The zero-order valence-corrected chi connectivity index (χ0v) is 9.56. The van der Waals surface area contributed by atoms with E-state index < -0.39 is 12.6 Å². The van der Waals surface area contributed by atoms with Gasteiger partial charge < -0.3 is 15.1 Å². The van der Waals surface area contributed by atoms with Crippen LogP contribution in [-0.2, 0) is 6.42 Å². The van der Waals surface area contributed by atoms with Crippen LogP contribution in [-0.4, -0.2) is 52.7 Å². The van der Waals surface area contributed by atoms with Crippen molar-refractivity contribution in [2.45, 2.75) is 12.6 Å². The summed E-state index contributed by atoms with van der Waals surface area (Å²) in [5.41, 5.74) is -0.145. The highest BCUT2D eigenvalue weighted by Gasteiger charge is 2.28. The van der Waals surface area contributed by atoms with Gasteiger partial charge in [-0.05, 0) is 0 Å². The number of alkyl halides is 3. The number of aromatic nitrogens is 2. The van der Waals surface area contributed by atoms with Gasteiger partial charge in [-0.2, -0.15) is 13.2 Å². The average molecular weight is 265 g/mol. The SMILES string of the molecule is OCCN(CCO)c1cc(CC(F)(F)F)ncn1. The Morgan fingerprint density at radius 1 is 1.11 bits per heavy atom. The van der Waals surface area contributed by atoms with Crippen LogP contribution in [0.25, 0.3) is 0 Å². The highest BCUT2D eigenvalue weighted by molar-refractivity contribution is 5.39. The molecule has 0 aliphatic carbocycles. The fourth-order valence-corrected chi connectivity index (χ4v) is 1.44. The number of rotatable bonds is 6. The molecule has 1 aromatic rings. The van der Waals surface area contributed by atoms with Crippen LogP contribution in [0.5, 0.6) is 0 Å². The zero-order valence-electron chi connectivity index (χ0n) is 9.56. The van der Waals surface area contributed by atoms with Crippen molar-refractivity contribution in [1.82, 2.24) is 9.97 Å². The van der Waals surface area contributed by atoms with Crippen molar-refractivity contribution in [3.8, 4) is 0 Å². The van der Waals surface area contributed by atoms with Crippen LogP contribution in [0.4, 0.5) is 19.0 Å². The van der Waals surface area contributed by atoms with Gasteiger partial charge in [-0.15, -0.1) is 0 Å². The molecule has 2 N–H and O–H groups in total. The summed E-state index contributed by atoms with van der Waals surface area (Å²) in [5, 5.41) is 17.7. The molecule has 102 valence electrons. The fourth-order valence-electron chi connectivity index (χ4n) is 1.44. The molecule has 0 aliphatic rings. The molecule has 18 heavy (non-hydrogen) atoms. The minimum Gasteiger partial charge on any atom is -0.395 e. The molecule has 1 heterocycles. The molecule has 0 fully saturated rings. The van der Waals surface area contributed by atoms with Crippen molar-refractivity contribution >= 4 is 5.82 Å². The topological polar surface area (TPSA) is 69.5 Å². The number of hydrogen-bond donors (Lipinski definition) is 2. The van der Waals surface area contributed by atoms with Gasteiger partial charge in [0.25, 0.3) is 0 Å². The van der Waals surface area contributed by atoms with Gasteiger partial charge >= 0.3 is 6.18 Å². The van der Waals surface area contributed by atoms with E-state index in [1.165, 1.54) is 11.0 Å². The maximum absolute atomic E-state index is 12.2. The van der Waals surface area contributed by atoms with E-state index in [0.29, 0.717) is 0 Å². The Morgan fingerprint density at radius 2 is 1.72 bits per heavy atom. The summed E-state index contributed by atoms with van der Waals surface area (Å²) in [6, 6.07) is 1.21. The first-order chi connectivity index (χ1) is 8.46. The summed E-state index contributed by atoms with van der Waals surface area (Å²) in [5.74, 6) is 0.257. The number of aliphatic hydroxyl groups is 2. The van der Waals surface area contributed by atoms with E-state index in [0.717, 1.165) is 6.33 Å². The first-order valence-electron chi connectivity index (χ1n) is 5.30. The zero-order chi connectivity index (χ0) is 13.6. The molecular formula is C10H14F3N3O2. The van der Waals surface area contributed by atoms with E-state index >= 15 is 0 Å². The molecular weight excluding hydrogens is 251 g/mol. The van der Waals surface area contributed by atoms with Crippen molar-refractivity contribution in [3.05, 3.63) is 18.1 Å². The number of aliphatic hydroxyl groups excluding tert-OH is 2. The summed E-state index contributed by atoms with van der Waals surface area (Å²) in [7, 11) is 0. The molecule has 0 aromatic carbocycles. The third kappa shape index (κ3) is 4.84. The van der Waals surface area contributed by atoms with Crippen LogP contribution < -0.4 is 4.90 Å². The largest absolute Gasteiger partial charge is 0.395 e. The van der Waals surface area contributed by atoms with Gasteiger partial charge in [-0.25, -0.2) is 9.97 Å². The van der Waals surface area contributed by atoms with Gasteiger partial charge in [0.1, 0.15) is 12.1 Å². The first-order valence-corrected chi connectivity index (χ1v) is 5.30. The second-order valence-electron chi connectivity index (χ2n) is 3.59. The van der Waals surface area contributed by atoms with Crippen LogP contribution in [0.3, 0.4) is 0 Å². The molecule has 0 spiro atoms. The molecule has 0 saturated heterocycles. The summed E-state index contributed by atoms with van der Waals surface area (Å²) in [6.07, 6.45) is -4.42. The van der Waals surface area contributed by atoms with Crippen molar-refractivity contribution in [1.29, 1.82) is 0 Å². The predicted molar refractivity (Wildman–Crippen MR) is 58.2 cm³/mol. The maximum Gasteiger partial charge on any atom is 0.394 e. The van der Waals surface area contributed by atoms with Crippen LogP contribution in [0.1, 0.15) is 5.69 Å². The lowest BCUT2D eigenvalue weighted by molar-refractivity contribution is -0.127. The third-order valence-corrected chi connectivity index (χ3v) is 2.15. The van der Waals surface area contributed by atoms with Crippen molar-refractivity contribution < 1.29 is 23.4 Å². The second-order valence-corrected chi connectivity index (χ2v) is 3.59. The predicted octanol–water partition coefficient (Wildman–Crippen LogP) is 0.372. The van der Waals surface area contributed by atoms with Gasteiger partial charge in [0.2, 0.25) is 0 Å². The summed E-state index contributed by atoms with van der Waals surface area (Å²) in [6.45, 7) is 0.00325. The molecule has 8 heteroatoms. The van der Waals surface area contributed by atoms with Crippen LogP contribution in [0.15, 0.2) is 12.4 Å². The molecule has 5 nitrogen and oxygen atoms in total. The number of nitrogens with zero attached hydrogens (tertiary/aromatic N) is 3. The lowest BCUT2D eigenvalue weighted by Crippen LogP contribution is -2.30. The molecule has 0 aliphatic heterocycles. The van der Waals surface area contributed by atoms with E-state index in [2.05, 4.69) is 9.97 Å². The Morgan fingerprint density at radius 3 is 2.22 bits per heavy atom. The molecule has 0 radical (unpaired) electrons. The third-order valence-electron chi connectivity index (χ3n) is 2.15. The van der Waals surface area contributed by atoms with E-state index in [-0.39, 0.29) is 37.8 Å². The molecule has 1 aromatic heterocycles. The summed E-state index contributed by atoms with van der Waals surface area (Å²) in [4.78, 5) is 8.86. The van der Waals surface area contributed by atoms with Crippen molar-refractivity contribution in [2.24, 2.45) is 0 Å². The summed E-state index contributed by atoms with van der Waals surface area (Å²) < 4.78 is 36.6. The maximum atomic E-state index is 12.2. The molecule has 0 amide bonds. The quantitative estimate of drug-likeness (QED) is 0.778. The minimum absolute atomic E-state index is 0.145. The average Bonchev–Trinajstić information content (AvgIpc) is 2.27. The number of hydrogen-bond acceptors (Lipinski definition) is 5. The van der Waals surface area contributed by atoms with Gasteiger partial charge in [-0.1, -0.05) is 0 Å². The number of halogens is 3. The fraction of sp³-hybridized carbons (Fsp3) is 0.600. The van der Waals surface area contributed by atoms with Gasteiger partial charge in [0, 0.05) is 19.2 Å². The van der Waals surface area contributed by atoms with Crippen LogP contribution in [0.2, 0.25) is 0 Å². The lowest BCUT2D eigenvalue weighted by atomic mass is 10.3. The van der Waals surface area contributed by atoms with Crippen molar-refractivity contribution in [2.75, 3.05) is 31.2 Å². The Hall–Kier alpha value is -1.41. The lowest BCUT2D eigenvalue weighted by Gasteiger charge is -2.21. The highest BCUT2D eigenvalue weighted by atomic mass is 19.4. The second kappa shape index (κ2) is 6.50. The standard InChI is InChI=1S/C10H14F3N3O2/c11-10(12,13)6-8-5-9(15-7-14-8)16(1-3-17)2-4-18/h5,7,17-18H,1-4,6H2. The van der Waals surface area contributed by atoms with Crippen molar-refractivity contribution in [3.63, 3.8) is 0 Å². The molecule has 1 rings (SSSR count). The van der Waals surface area contributed by atoms with Crippen LogP contribution in [0, 0.1) is 0 Å². The summed E-state index contributed by atoms with van der Waals surface area (Å²) >= 11 is 0. The van der Waals surface area contributed by atoms with E-state index in [1.54, 1.807) is 0 Å². The smallest absolute Gasteiger partial charge is 0.394 e. The Balaban J connectivity index is 2.84. The van der Waals surface area contributed by atoms with Crippen LogP contribution >= 0.6 is 0 Å².